The van der Waals surface area contributed by atoms with Crippen LogP contribution in [0.15, 0.2) is 0 Å². The Morgan fingerprint density at radius 2 is 1.80 bits per heavy atom. The molecule has 0 aromatic carbocycles. The molecule has 1 aliphatic carbocycles. The third-order valence-electron chi connectivity index (χ3n) is 3.24. The molecule has 0 amide bonds. The number of carbonyl (C=O) groups excluding carboxylic acids is 1. The van der Waals surface area contributed by atoms with E-state index in [-0.39, 0.29) is 5.92 Å². The first-order valence-electron chi connectivity index (χ1n) is 5.49. The molecule has 15 heavy (non-hydrogen) atoms. The van der Waals surface area contributed by atoms with Gasteiger partial charge in [0, 0.05) is 5.92 Å². The molecule has 1 atom stereocenters. The summed E-state index contributed by atoms with van der Waals surface area (Å²) in [6.07, 6.45) is -0.542. The van der Waals surface area contributed by atoms with Crippen LogP contribution in [0, 0.1) is 11.8 Å². The van der Waals surface area contributed by atoms with E-state index in [0.717, 1.165) is 32.1 Å². The Balaban J connectivity index is 2.44. The summed E-state index contributed by atoms with van der Waals surface area (Å²) in [6.45, 7) is 1.64. The van der Waals surface area contributed by atoms with Gasteiger partial charge < -0.3 is 0 Å². The highest BCUT2D eigenvalue weighted by Gasteiger charge is 2.35. The molecule has 0 heterocycles. The highest BCUT2D eigenvalue weighted by molar-refractivity contribution is 5.81. The lowest BCUT2D eigenvalue weighted by molar-refractivity contribution is -0.156. The number of hydrogen-bond donors (Lipinski definition) is 0. The van der Waals surface area contributed by atoms with E-state index >= 15 is 0 Å². The number of Topliss-reactive ketones (excluding diaryl/α,β-unsaturated/α-hetero) is 1. The fourth-order valence-corrected chi connectivity index (χ4v) is 2.26. The maximum absolute atomic E-state index is 12.0. The minimum Gasteiger partial charge on any atom is -0.299 e. The Bertz CT molecular complexity index is 216. The molecule has 1 fully saturated rings. The highest BCUT2D eigenvalue weighted by atomic mass is 19.4. The van der Waals surface area contributed by atoms with Gasteiger partial charge in [-0.1, -0.05) is 26.2 Å². The summed E-state index contributed by atoms with van der Waals surface area (Å²) in [4.78, 5) is 11.3. The lowest BCUT2D eigenvalue weighted by Gasteiger charge is -2.26. The van der Waals surface area contributed by atoms with Gasteiger partial charge in [0.15, 0.2) is 0 Å². The topological polar surface area (TPSA) is 17.1 Å². The Labute approximate surface area is 88.0 Å². The van der Waals surface area contributed by atoms with Gasteiger partial charge in [0.25, 0.3) is 0 Å². The molecule has 0 bridgehead atoms. The molecule has 1 rings (SSSR count). The average molecular weight is 222 g/mol. The molecule has 1 saturated carbocycles. The number of halogens is 3. The van der Waals surface area contributed by atoms with E-state index in [9.17, 15) is 18.0 Å². The van der Waals surface area contributed by atoms with E-state index in [1.54, 1.807) is 6.92 Å². The lowest BCUT2D eigenvalue weighted by Crippen LogP contribution is -2.27. The van der Waals surface area contributed by atoms with Crippen LogP contribution in [0.25, 0.3) is 0 Å². The molecule has 0 saturated heterocycles. The van der Waals surface area contributed by atoms with Crippen molar-refractivity contribution in [2.45, 2.75) is 51.6 Å². The Morgan fingerprint density at radius 1 is 1.27 bits per heavy atom. The van der Waals surface area contributed by atoms with E-state index in [1.807, 2.05) is 0 Å². The maximum atomic E-state index is 12.0. The van der Waals surface area contributed by atoms with Gasteiger partial charge in [0.05, 0.1) is 0 Å². The number of alkyl halides is 3. The molecule has 1 unspecified atom stereocenters. The number of hydrogen-bond acceptors (Lipinski definition) is 1. The van der Waals surface area contributed by atoms with Gasteiger partial charge >= 0.3 is 6.18 Å². The van der Waals surface area contributed by atoms with Crippen molar-refractivity contribution in [3.05, 3.63) is 0 Å². The van der Waals surface area contributed by atoms with Crippen LogP contribution in [0.3, 0.4) is 0 Å². The van der Waals surface area contributed by atoms with Crippen LogP contribution in [-0.2, 0) is 4.79 Å². The first-order chi connectivity index (χ1) is 6.90. The van der Waals surface area contributed by atoms with Crippen molar-refractivity contribution in [1.82, 2.24) is 0 Å². The van der Waals surface area contributed by atoms with E-state index in [2.05, 4.69) is 0 Å². The van der Waals surface area contributed by atoms with Crippen LogP contribution < -0.4 is 0 Å². The zero-order chi connectivity index (χ0) is 11.5. The van der Waals surface area contributed by atoms with Gasteiger partial charge in [0.2, 0.25) is 0 Å². The first-order valence-corrected chi connectivity index (χ1v) is 5.49. The second-order valence-electron chi connectivity index (χ2n) is 4.45. The largest absolute Gasteiger partial charge is 0.395 e. The van der Waals surface area contributed by atoms with Gasteiger partial charge in [-0.2, -0.15) is 13.2 Å². The van der Waals surface area contributed by atoms with Crippen LogP contribution in [-0.4, -0.2) is 12.0 Å². The summed E-state index contributed by atoms with van der Waals surface area (Å²) in [7, 11) is 0. The molecule has 0 aromatic heterocycles. The lowest BCUT2D eigenvalue weighted by atomic mass is 9.78. The Kier molecular flexibility index (Phi) is 4.17. The van der Waals surface area contributed by atoms with Gasteiger partial charge in [-0.3, -0.25) is 4.79 Å². The van der Waals surface area contributed by atoms with Crippen molar-refractivity contribution in [3.63, 3.8) is 0 Å². The van der Waals surface area contributed by atoms with Crippen LogP contribution >= 0.6 is 0 Å². The molecular weight excluding hydrogens is 205 g/mol. The fourth-order valence-electron chi connectivity index (χ4n) is 2.26. The molecule has 0 aliphatic heterocycles. The highest BCUT2D eigenvalue weighted by Crippen LogP contribution is 2.32. The Hall–Kier alpha value is -0.540. The fraction of sp³-hybridized carbons (Fsp3) is 0.909. The molecular formula is C11H17F3O. The van der Waals surface area contributed by atoms with Crippen molar-refractivity contribution >= 4 is 5.78 Å². The zero-order valence-corrected chi connectivity index (χ0v) is 8.94. The molecule has 4 heteroatoms. The minimum atomic E-state index is -4.35. The monoisotopic (exact) mass is 222 g/mol. The van der Waals surface area contributed by atoms with Crippen molar-refractivity contribution in [3.8, 4) is 0 Å². The SMILES string of the molecule is CC(C(=O)CC(F)(F)F)C1CCCCC1. The van der Waals surface area contributed by atoms with E-state index in [1.165, 1.54) is 0 Å². The quantitative estimate of drug-likeness (QED) is 0.711. The second kappa shape index (κ2) is 4.99. The number of rotatable bonds is 3. The summed E-state index contributed by atoms with van der Waals surface area (Å²) in [6, 6.07) is 0. The summed E-state index contributed by atoms with van der Waals surface area (Å²) in [5.41, 5.74) is 0. The van der Waals surface area contributed by atoms with Crippen LogP contribution in [0.1, 0.15) is 45.4 Å². The summed E-state index contributed by atoms with van der Waals surface area (Å²) < 4.78 is 36.0. The van der Waals surface area contributed by atoms with Gasteiger partial charge in [-0.05, 0) is 18.8 Å². The van der Waals surface area contributed by atoms with Crippen molar-refractivity contribution in [2.75, 3.05) is 0 Å². The smallest absolute Gasteiger partial charge is 0.299 e. The molecule has 0 aromatic rings. The van der Waals surface area contributed by atoms with Crippen molar-refractivity contribution in [1.29, 1.82) is 0 Å². The first kappa shape index (κ1) is 12.5. The molecule has 1 aliphatic rings. The van der Waals surface area contributed by atoms with Gasteiger partial charge in [-0.15, -0.1) is 0 Å². The van der Waals surface area contributed by atoms with Gasteiger partial charge in [0.1, 0.15) is 12.2 Å². The number of ketones is 1. The van der Waals surface area contributed by atoms with Gasteiger partial charge in [-0.25, -0.2) is 0 Å². The van der Waals surface area contributed by atoms with Crippen LogP contribution in [0.4, 0.5) is 13.2 Å². The minimum absolute atomic E-state index is 0.175. The van der Waals surface area contributed by atoms with E-state index in [0.29, 0.717) is 0 Å². The molecule has 1 nitrogen and oxygen atoms in total. The predicted molar refractivity (Wildman–Crippen MR) is 51.4 cm³/mol. The van der Waals surface area contributed by atoms with E-state index in [4.69, 9.17) is 0 Å². The second-order valence-corrected chi connectivity index (χ2v) is 4.45. The number of carbonyl (C=O) groups is 1. The van der Waals surface area contributed by atoms with Crippen molar-refractivity contribution < 1.29 is 18.0 Å². The molecule has 0 radical (unpaired) electrons. The zero-order valence-electron chi connectivity index (χ0n) is 8.94. The predicted octanol–water partition coefficient (Wildman–Crippen LogP) is 3.72. The third-order valence-corrected chi connectivity index (χ3v) is 3.24. The summed E-state index contributed by atoms with van der Waals surface area (Å²) in [5.74, 6) is -0.894. The maximum Gasteiger partial charge on any atom is 0.395 e. The summed E-state index contributed by atoms with van der Waals surface area (Å²) in [5, 5.41) is 0. The third kappa shape index (κ3) is 4.22. The standard InChI is InChI=1S/C11H17F3O/c1-8(9-5-3-2-4-6-9)10(15)7-11(12,13)14/h8-9H,2-7H2,1H3. The summed E-state index contributed by atoms with van der Waals surface area (Å²) >= 11 is 0. The average Bonchev–Trinajstić information content (AvgIpc) is 2.15. The molecule has 0 spiro atoms. The van der Waals surface area contributed by atoms with Crippen LogP contribution in [0.2, 0.25) is 0 Å². The van der Waals surface area contributed by atoms with Crippen LogP contribution in [0.5, 0.6) is 0 Å². The normalized spacial score (nSPS) is 21.3. The molecule has 0 N–H and O–H groups in total. The Morgan fingerprint density at radius 3 is 2.27 bits per heavy atom. The van der Waals surface area contributed by atoms with Crippen molar-refractivity contribution in [2.24, 2.45) is 11.8 Å². The molecule has 88 valence electrons. The van der Waals surface area contributed by atoms with E-state index < -0.39 is 24.3 Å².